The first-order valence-electron chi connectivity index (χ1n) is 10.7. The van der Waals surface area contributed by atoms with Gasteiger partial charge in [-0.3, -0.25) is 4.79 Å². The monoisotopic (exact) mass is 415 g/mol. The van der Waals surface area contributed by atoms with Gasteiger partial charge in [-0.15, -0.1) is 0 Å². The Bertz CT molecular complexity index is 1130. The molecule has 0 aliphatic carbocycles. The van der Waals surface area contributed by atoms with Crippen molar-refractivity contribution >= 4 is 28.6 Å². The molecule has 5 heteroatoms. The van der Waals surface area contributed by atoms with Crippen molar-refractivity contribution in [2.75, 3.05) is 18.6 Å². The first-order valence-corrected chi connectivity index (χ1v) is 10.7. The highest BCUT2D eigenvalue weighted by Crippen LogP contribution is 2.42. The van der Waals surface area contributed by atoms with Crippen LogP contribution >= 0.6 is 0 Å². The number of amides is 1. The molecule has 5 nitrogen and oxygen atoms in total. The minimum absolute atomic E-state index is 0.0908. The number of ether oxygens (including phenoxy) is 1. The molecule has 160 valence electrons. The Hall–Kier alpha value is -3.34. The van der Waals surface area contributed by atoms with Crippen molar-refractivity contribution in [3.05, 3.63) is 71.8 Å². The number of fused-ring (bicyclic) bond motifs is 2. The first-order chi connectivity index (χ1) is 14.8. The number of nitrogens with one attached hydrogen (secondary N) is 1. The van der Waals surface area contributed by atoms with E-state index < -0.39 is 0 Å². The summed E-state index contributed by atoms with van der Waals surface area (Å²) in [4.78, 5) is 14.5. The molecule has 3 aromatic carbocycles. The van der Waals surface area contributed by atoms with Gasteiger partial charge in [0.05, 0.1) is 6.21 Å². The molecule has 1 heterocycles. The maximum Gasteiger partial charge on any atom is 0.277 e. The SMILES string of the molecule is C[C@H]1CC(C)(C)N(C)c2ccc(/C=N/NC(=O)COc3cccc4ccccc34)cc21. The predicted molar refractivity (Wildman–Crippen MR) is 127 cm³/mol. The van der Waals surface area contributed by atoms with Gasteiger partial charge in [-0.25, -0.2) is 5.43 Å². The van der Waals surface area contributed by atoms with Crippen molar-refractivity contribution in [3.8, 4) is 5.75 Å². The molecule has 1 N–H and O–H groups in total. The summed E-state index contributed by atoms with van der Waals surface area (Å²) in [7, 11) is 2.15. The Balaban J connectivity index is 1.38. The quantitative estimate of drug-likeness (QED) is 0.466. The molecule has 31 heavy (non-hydrogen) atoms. The van der Waals surface area contributed by atoms with Crippen molar-refractivity contribution in [2.45, 2.75) is 38.6 Å². The Morgan fingerprint density at radius 2 is 1.97 bits per heavy atom. The number of hydrazone groups is 1. The van der Waals surface area contributed by atoms with Crippen molar-refractivity contribution in [3.63, 3.8) is 0 Å². The fraction of sp³-hybridized carbons (Fsp3) is 0.308. The smallest absolute Gasteiger partial charge is 0.277 e. The molecule has 1 aliphatic rings. The van der Waals surface area contributed by atoms with Gasteiger partial charge in [-0.05, 0) is 60.9 Å². The van der Waals surface area contributed by atoms with Gasteiger partial charge in [-0.2, -0.15) is 5.10 Å². The molecule has 0 fully saturated rings. The highest BCUT2D eigenvalue weighted by atomic mass is 16.5. The number of benzene rings is 3. The van der Waals surface area contributed by atoms with Crippen LogP contribution in [0.5, 0.6) is 5.75 Å². The number of hydrogen-bond donors (Lipinski definition) is 1. The standard InChI is InChI=1S/C26H29N3O2/c1-18-15-26(2,3)29(4)23-13-12-19(14-22(18)23)16-27-28-25(30)17-31-24-11-7-9-20-8-5-6-10-21(20)24/h5-14,16,18H,15,17H2,1-4H3,(H,28,30)/b27-16+/t18-/m0/s1. The average molecular weight is 416 g/mol. The van der Waals surface area contributed by atoms with Crippen molar-refractivity contribution in [1.29, 1.82) is 0 Å². The van der Waals surface area contributed by atoms with Crippen LogP contribution in [0.1, 0.15) is 44.2 Å². The number of anilines is 1. The van der Waals surface area contributed by atoms with Crippen LogP contribution < -0.4 is 15.1 Å². The summed E-state index contributed by atoms with van der Waals surface area (Å²) in [5, 5.41) is 6.18. The van der Waals surface area contributed by atoms with Crippen molar-refractivity contribution < 1.29 is 9.53 Å². The Kier molecular flexibility index (Phi) is 5.68. The first kappa shape index (κ1) is 20.9. The van der Waals surface area contributed by atoms with E-state index in [-0.39, 0.29) is 18.1 Å². The summed E-state index contributed by atoms with van der Waals surface area (Å²) < 4.78 is 5.71. The largest absolute Gasteiger partial charge is 0.483 e. The Morgan fingerprint density at radius 1 is 1.19 bits per heavy atom. The summed E-state index contributed by atoms with van der Waals surface area (Å²) in [5.41, 5.74) is 6.24. The summed E-state index contributed by atoms with van der Waals surface area (Å²) >= 11 is 0. The highest BCUT2D eigenvalue weighted by Gasteiger charge is 2.33. The van der Waals surface area contributed by atoms with E-state index in [1.807, 2.05) is 48.5 Å². The van der Waals surface area contributed by atoms with Crippen LogP contribution in [0.15, 0.2) is 65.8 Å². The number of carbonyl (C=O) groups excluding carboxylic acids is 1. The lowest BCUT2D eigenvalue weighted by Crippen LogP contribution is -2.45. The van der Waals surface area contributed by atoms with Crippen molar-refractivity contribution in [1.82, 2.24) is 5.43 Å². The predicted octanol–water partition coefficient (Wildman–Crippen LogP) is 5.09. The second kappa shape index (κ2) is 8.42. The molecule has 1 amide bonds. The van der Waals surface area contributed by atoms with Crippen LogP contribution in [0.2, 0.25) is 0 Å². The van der Waals surface area contributed by atoms with Gasteiger partial charge >= 0.3 is 0 Å². The second-order valence-corrected chi connectivity index (χ2v) is 8.85. The third-order valence-corrected chi connectivity index (χ3v) is 6.17. The van der Waals surface area contributed by atoms with E-state index in [0.717, 1.165) is 22.8 Å². The molecule has 0 saturated heterocycles. The van der Waals surface area contributed by atoms with Gasteiger partial charge in [0.15, 0.2) is 6.61 Å². The lowest BCUT2D eigenvalue weighted by Gasteiger charge is -2.45. The van der Waals surface area contributed by atoms with Crippen LogP contribution in [0, 0.1) is 0 Å². The normalized spacial score (nSPS) is 17.5. The zero-order chi connectivity index (χ0) is 22.0. The molecule has 0 bridgehead atoms. The summed E-state index contributed by atoms with van der Waals surface area (Å²) in [6.45, 7) is 6.72. The summed E-state index contributed by atoms with van der Waals surface area (Å²) in [6, 6.07) is 20.1. The molecular formula is C26H29N3O2. The second-order valence-electron chi connectivity index (χ2n) is 8.85. The van der Waals surface area contributed by atoms with Crippen LogP contribution in [-0.2, 0) is 4.79 Å². The van der Waals surface area contributed by atoms with Gasteiger partial charge in [0, 0.05) is 23.7 Å². The molecule has 0 aromatic heterocycles. The van der Waals surface area contributed by atoms with Gasteiger partial charge in [0.2, 0.25) is 0 Å². The number of rotatable bonds is 5. The molecular weight excluding hydrogens is 386 g/mol. The average Bonchev–Trinajstić information content (AvgIpc) is 2.76. The van der Waals surface area contributed by atoms with E-state index in [0.29, 0.717) is 11.7 Å². The van der Waals surface area contributed by atoms with E-state index in [2.05, 4.69) is 55.4 Å². The van der Waals surface area contributed by atoms with Gasteiger partial charge < -0.3 is 9.64 Å². The van der Waals surface area contributed by atoms with Gasteiger partial charge in [-0.1, -0.05) is 49.4 Å². The molecule has 4 rings (SSSR count). The van der Waals surface area contributed by atoms with E-state index in [9.17, 15) is 4.79 Å². The maximum atomic E-state index is 12.2. The molecule has 1 aliphatic heterocycles. The van der Waals surface area contributed by atoms with Gasteiger partial charge in [0.25, 0.3) is 5.91 Å². The van der Waals surface area contributed by atoms with Crippen LogP contribution in [0.3, 0.4) is 0 Å². The third-order valence-electron chi connectivity index (χ3n) is 6.17. The fourth-order valence-corrected chi connectivity index (χ4v) is 4.35. The highest BCUT2D eigenvalue weighted by molar-refractivity contribution is 5.89. The maximum absolute atomic E-state index is 12.2. The van der Waals surface area contributed by atoms with E-state index in [1.54, 1.807) is 6.21 Å². The van der Waals surface area contributed by atoms with Crippen LogP contribution in [0.4, 0.5) is 5.69 Å². The minimum atomic E-state index is -0.294. The zero-order valence-electron chi connectivity index (χ0n) is 18.6. The van der Waals surface area contributed by atoms with Crippen LogP contribution in [-0.4, -0.2) is 31.3 Å². The minimum Gasteiger partial charge on any atom is -0.483 e. The summed E-state index contributed by atoms with van der Waals surface area (Å²) in [5.74, 6) is 0.864. The van der Waals surface area contributed by atoms with E-state index >= 15 is 0 Å². The Labute approximate surface area is 183 Å². The molecule has 0 saturated carbocycles. The summed E-state index contributed by atoms with van der Waals surface area (Å²) in [6.07, 6.45) is 2.78. The number of nitrogens with zero attached hydrogens (tertiary/aromatic N) is 2. The van der Waals surface area contributed by atoms with Crippen LogP contribution in [0.25, 0.3) is 10.8 Å². The third kappa shape index (κ3) is 4.41. The Morgan fingerprint density at radius 3 is 2.81 bits per heavy atom. The lowest BCUT2D eigenvalue weighted by atomic mass is 9.80. The van der Waals surface area contributed by atoms with Crippen molar-refractivity contribution in [2.24, 2.45) is 5.10 Å². The molecule has 3 aromatic rings. The molecule has 0 unspecified atom stereocenters. The fourth-order valence-electron chi connectivity index (χ4n) is 4.35. The lowest BCUT2D eigenvalue weighted by molar-refractivity contribution is -0.123. The number of carbonyl (C=O) groups is 1. The molecule has 0 spiro atoms. The molecule has 1 atom stereocenters. The van der Waals surface area contributed by atoms with E-state index in [1.165, 1.54) is 11.3 Å². The number of hydrogen-bond acceptors (Lipinski definition) is 4. The van der Waals surface area contributed by atoms with Gasteiger partial charge in [0.1, 0.15) is 5.75 Å². The topological polar surface area (TPSA) is 53.9 Å². The molecule has 0 radical (unpaired) electrons. The zero-order valence-corrected chi connectivity index (χ0v) is 18.6. The van der Waals surface area contributed by atoms with E-state index in [4.69, 9.17) is 4.74 Å².